The highest BCUT2D eigenvalue weighted by atomic mass is 16.3. The summed E-state index contributed by atoms with van der Waals surface area (Å²) in [6.07, 6.45) is 0.982. The lowest BCUT2D eigenvalue weighted by atomic mass is 9.89. The summed E-state index contributed by atoms with van der Waals surface area (Å²) in [5.41, 5.74) is 6.24. The van der Waals surface area contributed by atoms with Gasteiger partial charge in [0.15, 0.2) is 0 Å². The molecule has 0 aliphatic heterocycles. The Hall–Kier alpha value is -3.92. The Morgan fingerprint density at radius 1 is 0.571 bits per heavy atom. The average Bonchev–Trinajstić information content (AvgIpc) is 2.85. The van der Waals surface area contributed by atoms with E-state index in [2.05, 4.69) is 6.92 Å². The van der Waals surface area contributed by atoms with Gasteiger partial charge in [-0.05, 0) is 67.8 Å². The lowest BCUT2D eigenvalue weighted by Crippen LogP contribution is -1.98. The van der Waals surface area contributed by atoms with E-state index in [1.165, 1.54) is 11.1 Å². The molecule has 4 rings (SSSR count). The van der Waals surface area contributed by atoms with Crippen molar-refractivity contribution < 1.29 is 20.4 Å². The third-order valence-electron chi connectivity index (χ3n) is 6.30. The number of benzene rings is 4. The summed E-state index contributed by atoms with van der Waals surface area (Å²) in [7, 11) is 0. The Kier molecular flexibility index (Phi) is 8.43. The smallest absolute Gasteiger partial charge is 0.119 e. The van der Waals surface area contributed by atoms with E-state index in [4.69, 9.17) is 0 Å². The van der Waals surface area contributed by atoms with Gasteiger partial charge in [0.25, 0.3) is 0 Å². The van der Waals surface area contributed by atoms with Gasteiger partial charge < -0.3 is 20.4 Å². The van der Waals surface area contributed by atoms with Gasteiger partial charge in [-0.3, -0.25) is 0 Å². The minimum atomic E-state index is -0.0372. The molecule has 0 amide bonds. The first-order chi connectivity index (χ1) is 16.7. The molecule has 0 radical (unpaired) electrons. The highest BCUT2D eigenvalue weighted by Gasteiger charge is 2.16. The number of hydrogen-bond donors (Lipinski definition) is 4. The van der Waals surface area contributed by atoms with Crippen LogP contribution in [0.3, 0.4) is 0 Å². The van der Waals surface area contributed by atoms with Crippen LogP contribution in [0.25, 0.3) is 0 Å². The fourth-order valence-corrected chi connectivity index (χ4v) is 4.29. The zero-order chi connectivity index (χ0) is 25.5. The van der Waals surface area contributed by atoms with Crippen LogP contribution in [0.1, 0.15) is 65.5 Å². The monoisotopic (exact) mass is 470 g/mol. The molecule has 0 aromatic heterocycles. The third-order valence-corrected chi connectivity index (χ3v) is 6.30. The quantitative estimate of drug-likeness (QED) is 0.243. The van der Waals surface area contributed by atoms with Crippen molar-refractivity contribution >= 4 is 0 Å². The van der Waals surface area contributed by atoms with Crippen LogP contribution in [-0.4, -0.2) is 20.4 Å². The third kappa shape index (κ3) is 6.57. The number of hydrogen-bond acceptors (Lipinski definition) is 4. The summed E-state index contributed by atoms with van der Waals surface area (Å²) in [5, 5.41) is 38.5. The Morgan fingerprint density at radius 2 is 0.943 bits per heavy atom. The lowest BCUT2D eigenvalue weighted by Gasteiger charge is -2.16. The first-order valence-corrected chi connectivity index (χ1v) is 11.9. The van der Waals surface area contributed by atoms with E-state index in [0.29, 0.717) is 5.92 Å². The molecule has 4 aromatic rings. The van der Waals surface area contributed by atoms with Crippen molar-refractivity contribution in [3.05, 3.63) is 118 Å². The molecule has 0 bridgehead atoms. The predicted molar refractivity (Wildman–Crippen MR) is 142 cm³/mol. The Bertz CT molecular complexity index is 1150. The second-order valence-electron chi connectivity index (χ2n) is 8.99. The van der Waals surface area contributed by atoms with Gasteiger partial charge in [0.2, 0.25) is 0 Å². The summed E-state index contributed by atoms with van der Waals surface area (Å²) in [5.74, 6) is 1.38. The molecule has 0 saturated carbocycles. The van der Waals surface area contributed by atoms with Crippen molar-refractivity contribution in [2.45, 2.75) is 46.0 Å². The molecule has 182 valence electrons. The number of phenolic OH excluding ortho intramolecular Hbond substituents is 4. The molecule has 0 spiro atoms. The van der Waals surface area contributed by atoms with Crippen LogP contribution in [0, 0.1) is 13.8 Å². The Balaban J connectivity index is 0.000000196. The van der Waals surface area contributed by atoms with Gasteiger partial charge in [0.05, 0.1) is 0 Å². The van der Waals surface area contributed by atoms with Crippen LogP contribution in [0.5, 0.6) is 23.0 Å². The minimum absolute atomic E-state index is 0.0372. The highest BCUT2D eigenvalue weighted by molar-refractivity contribution is 5.48. The molecule has 4 heteroatoms. The molecular weight excluding hydrogens is 436 g/mol. The van der Waals surface area contributed by atoms with Crippen molar-refractivity contribution in [1.29, 1.82) is 0 Å². The second kappa shape index (κ2) is 11.5. The van der Waals surface area contributed by atoms with Gasteiger partial charge in [-0.1, -0.05) is 73.5 Å². The topological polar surface area (TPSA) is 80.9 Å². The van der Waals surface area contributed by atoms with E-state index >= 15 is 0 Å². The standard InChI is InChI=1S/C16H18O2.C15H16O2/c1-10-4-6-15(17)13(8-10)12(3)14-9-11(2)5-7-16(14)18;1-2-15(11-3-7-13(16)8-4-11)12-5-9-14(17)10-6-12/h4-9,12,17-18H,1-3H3;3-10,15-17H,2H2,1H3. The lowest BCUT2D eigenvalue weighted by molar-refractivity contribution is 0.456. The van der Waals surface area contributed by atoms with Gasteiger partial charge in [-0.25, -0.2) is 0 Å². The van der Waals surface area contributed by atoms with Gasteiger partial charge in [0.1, 0.15) is 23.0 Å². The zero-order valence-corrected chi connectivity index (χ0v) is 20.7. The number of rotatable bonds is 5. The van der Waals surface area contributed by atoms with Crippen molar-refractivity contribution in [2.75, 3.05) is 0 Å². The molecule has 4 nitrogen and oxygen atoms in total. The first-order valence-electron chi connectivity index (χ1n) is 11.9. The SMILES string of the molecule is CCC(c1ccc(O)cc1)c1ccc(O)cc1.Cc1ccc(O)c(C(C)c2cc(C)ccc2O)c1. The fourth-order valence-electron chi connectivity index (χ4n) is 4.29. The van der Waals surface area contributed by atoms with Crippen LogP contribution in [-0.2, 0) is 0 Å². The summed E-state index contributed by atoms with van der Waals surface area (Å²) < 4.78 is 0. The van der Waals surface area contributed by atoms with Crippen LogP contribution in [0.2, 0.25) is 0 Å². The maximum absolute atomic E-state index is 9.95. The molecular formula is C31H34O4. The van der Waals surface area contributed by atoms with E-state index in [9.17, 15) is 20.4 Å². The summed E-state index contributed by atoms with van der Waals surface area (Å²) >= 11 is 0. The van der Waals surface area contributed by atoms with E-state index in [-0.39, 0.29) is 28.9 Å². The molecule has 0 atom stereocenters. The molecule has 4 N–H and O–H groups in total. The fraction of sp³-hybridized carbons (Fsp3) is 0.226. The van der Waals surface area contributed by atoms with E-state index < -0.39 is 0 Å². The van der Waals surface area contributed by atoms with Crippen LogP contribution < -0.4 is 0 Å². The van der Waals surface area contributed by atoms with Crippen molar-refractivity contribution in [3.63, 3.8) is 0 Å². The van der Waals surface area contributed by atoms with E-state index in [1.54, 1.807) is 36.4 Å². The maximum Gasteiger partial charge on any atom is 0.119 e. The van der Waals surface area contributed by atoms with Crippen molar-refractivity contribution in [1.82, 2.24) is 0 Å². The maximum atomic E-state index is 9.95. The van der Waals surface area contributed by atoms with Crippen LogP contribution in [0.4, 0.5) is 0 Å². The average molecular weight is 471 g/mol. The Morgan fingerprint density at radius 3 is 1.29 bits per heavy atom. The van der Waals surface area contributed by atoms with Crippen molar-refractivity contribution in [2.24, 2.45) is 0 Å². The molecule has 0 fully saturated rings. The number of aromatic hydroxyl groups is 4. The van der Waals surface area contributed by atoms with Crippen LogP contribution in [0.15, 0.2) is 84.9 Å². The summed E-state index contributed by atoms with van der Waals surface area (Å²) in [6.45, 7) is 8.10. The molecule has 0 aliphatic carbocycles. The Labute approximate surface area is 207 Å². The normalized spacial score (nSPS) is 10.8. The van der Waals surface area contributed by atoms with Crippen molar-refractivity contribution in [3.8, 4) is 23.0 Å². The molecule has 35 heavy (non-hydrogen) atoms. The molecule has 4 aromatic carbocycles. The number of aryl methyl sites for hydroxylation is 2. The summed E-state index contributed by atoms with van der Waals surface area (Å²) in [4.78, 5) is 0. The number of phenols is 4. The predicted octanol–water partition coefficient (Wildman–Crippen LogP) is 7.51. The van der Waals surface area contributed by atoms with Gasteiger partial charge in [-0.15, -0.1) is 0 Å². The largest absolute Gasteiger partial charge is 0.508 e. The van der Waals surface area contributed by atoms with Gasteiger partial charge >= 0.3 is 0 Å². The van der Waals surface area contributed by atoms with E-state index in [1.807, 2.05) is 69.3 Å². The minimum Gasteiger partial charge on any atom is -0.508 e. The zero-order valence-electron chi connectivity index (χ0n) is 20.7. The molecule has 0 aliphatic rings. The second-order valence-corrected chi connectivity index (χ2v) is 8.99. The van der Waals surface area contributed by atoms with Crippen LogP contribution >= 0.6 is 0 Å². The van der Waals surface area contributed by atoms with Gasteiger partial charge in [-0.2, -0.15) is 0 Å². The summed E-state index contributed by atoms with van der Waals surface area (Å²) in [6, 6.07) is 25.7. The molecule has 0 saturated heterocycles. The highest BCUT2D eigenvalue weighted by Crippen LogP contribution is 2.36. The van der Waals surface area contributed by atoms with Gasteiger partial charge in [0, 0.05) is 23.0 Å². The molecule has 0 unspecified atom stereocenters. The first kappa shape index (κ1) is 25.7. The molecule has 0 heterocycles. The van der Waals surface area contributed by atoms with E-state index in [0.717, 1.165) is 28.7 Å².